The van der Waals surface area contributed by atoms with Gasteiger partial charge >= 0.3 is 12.2 Å². The van der Waals surface area contributed by atoms with Gasteiger partial charge in [0.05, 0.1) is 13.2 Å². The molecule has 1 aromatic carbocycles. The highest BCUT2D eigenvalue weighted by Crippen LogP contribution is 2.08. The second kappa shape index (κ2) is 8.79. The van der Waals surface area contributed by atoms with Crippen LogP contribution in [0.1, 0.15) is 25.0 Å². The number of benzene rings is 1. The van der Waals surface area contributed by atoms with E-state index in [1.165, 1.54) is 0 Å². The molecule has 0 saturated heterocycles. The highest BCUT2D eigenvalue weighted by molar-refractivity contribution is 5.68. The lowest BCUT2D eigenvalue weighted by molar-refractivity contribution is 0.150. The van der Waals surface area contributed by atoms with Gasteiger partial charge in [-0.2, -0.15) is 0 Å². The highest BCUT2D eigenvalue weighted by atomic mass is 16.5. The minimum absolute atomic E-state index is 0.331. The van der Waals surface area contributed by atoms with E-state index in [9.17, 15) is 9.59 Å². The first-order chi connectivity index (χ1) is 9.67. The summed E-state index contributed by atoms with van der Waals surface area (Å²) >= 11 is 0. The van der Waals surface area contributed by atoms with Crippen molar-refractivity contribution in [1.82, 2.24) is 10.6 Å². The summed E-state index contributed by atoms with van der Waals surface area (Å²) in [6.07, 6.45) is -0.915. The van der Waals surface area contributed by atoms with E-state index in [-0.39, 0.29) is 0 Å². The van der Waals surface area contributed by atoms with Gasteiger partial charge in [-0.25, -0.2) is 9.59 Å². The summed E-state index contributed by atoms with van der Waals surface area (Å²) in [5.41, 5.74) is 1.83. The van der Waals surface area contributed by atoms with Gasteiger partial charge in [0.25, 0.3) is 0 Å². The lowest BCUT2D eigenvalue weighted by Crippen LogP contribution is -2.26. The molecule has 0 unspecified atom stereocenters. The number of nitrogens with one attached hydrogen (secondary N) is 2. The number of carbonyl (C=O) groups is 2. The maximum Gasteiger partial charge on any atom is 0.407 e. The van der Waals surface area contributed by atoms with Crippen LogP contribution in [0.4, 0.5) is 9.59 Å². The monoisotopic (exact) mass is 280 g/mol. The summed E-state index contributed by atoms with van der Waals surface area (Å²) in [6.45, 7) is 4.85. The fraction of sp³-hybridized carbons (Fsp3) is 0.429. The molecule has 0 heterocycles. The Morgan fingerprint density at radius 1 is 0.900 bits per heavy atom. The van der Waals surface area contributed by atoms with Gasteiger partial charge in [0.1, 0.15) is 0 Å². The molecule has 0 aliphatic carbocycles. The molecule has 0 radical (unpaired) electrons. The van der Waals surface area contributed by atoms with Crippen LogP contribution in [-0.4, -0.2) is 25.4 Å². The van der Waals surface area contributed by atoms with E-state index in [2.05, 4.69) is 10.6 Å². The third-order valence-electron chi connectivity index (χ3n) is 2.52. The number of ether oxygens (including phenoxy) is 2. The van der Waals surface area contributed by atoms with E-state index in [4.69, 9.17) is 9.47 Å². The first-order valence-electron chi connectivity index (χ1n) is 6.55. The van der Waals surface area contributed by atoms with Crippen molar-refractivity contribution in [2.45, 2.75) is 26.9 Å². The summed E-state index contributed by atoms with van der Waals surface area (Å²) in [4.78, 5) is 22.5. The largest absolute Gasteiger partial charge is 0.450 e. The SMILES string of the molecule is CCOC(=O)NCc1ccccc1CNC(=O)OCC. The molecule has 1 rings (SSSR count). The van der Waals surface area contributed by atoms with Crippen LogP contribution in [0.5, 0.6) is 0 Å². The molecule has 1 aromatic rings. The van der Waals surface area contributed by atoms with Crippen LogP contribution in [0.2, 0.25) is 0 Å². The molecule has 6 heteroatoms. The number of hydrogen-bond donors (Lipinski definition) is 2. The van der Waals surface area contributed by atoms with Crippen LogP contribution in [0, 0.1) is 0 Å². The number of amides is 2. The molecular formula is C14H20N2O4. The molecule has 2 N–H and O–H groups in total. The molecule has 110 valence electrons. The van der Waals surface area contributed by atoms with E-state index in [0.717, 1.165) is 11.1 Å². The van der Waals surface area contributed by atoms with Crippen LogP contribution < -0.4 is 10.6 Å². The quantitative estimate of drug-likeness (QED) is 0.837. The smallest absolute Gasteiger partial charge is 0.407 e. The van der Waals surface area contributed by atoms with Gasteiger partial charge in [0, 0.05) is 13.1 Å². The van der Waals surface area contributed by atoms with Crippen molar-refractivity contribution in [1.29, 1.82) is 0 Å². The van der Waals surface area contributed by atoms with Crippen LogP contribution in [0.25, 0.3) is 0 Å². The lowest BCUT2D eigenvalue weighted by Gasteiger charge is -2.11. The van der Waals surface area contributed by atoms with E-state index in [1.54, 1.807) is 13.8 Å². The number of hydrogen-bond acceptors (Lipinski definition) is 4. The van der Waals surface area contributed by atoms with Gasteiger partial charge < -0.3 is 20.1 Å². The van der Waals surface area contributed by atoms with Crippen molar-refractivity contribution in [3.8, 4) is 0 Å². The van der Waals surface area contributed by atoms with Gasteiger partial charge in [-0.3, -0.25) is 0 Å². The average Bonchev–Trinajstić information content (AvgIpc) is 2.44. The minimum Gasteiger partial charge on any atom is -0.450 e. The Balaban J connectivity index is 2.54. The molecule has 20 heavy (non-hydrogen) atoms. The fourth-order valence-electron chi connectivity index (χ4n) is 1.60. The highest BCUT2D eigenvalue weighted by Gasteiger charge is 2.06. The zero-order chi connectivity index (χ0) is 14.8. The van der Waals surface area contributed by atoms with Crippen LogP contribution in [-0.2, 0) is 22.6 Å². The normalized spacial score (nSPS) is 9.70. The Morgan fingerprint density at radius 3 is 1.65 bits per heavy atom. The Hall–Kier alpha value is -2.24. The Labute approximate surface area is 118 Å². The standard InChI is InChI=1S/C14H20N2O4/c1-3-19-13(17)15-9-11-7-5-6-8-12(11)10-16-14(18)20-4-2/h5-8H,3-4,9-10H2,1-2H3,(H,15,17)(H,16,18). The van der Waals surface area contributed by atoms with Crippen LogP contribution >= 0.6 is 0 Å². The van der Waals surface area contributed by atoms with Crippen molar-refractivity contribution in [2.75, 3.05) is 13.2 Å². The van der Waals surface area contributed by atoms with Crippen molar-refractivity contribution >= 4 is 12.2 Å². The molecule has 0 fully saturated rings. The summed E-state index contributed by atoms with van der Waals surface area (Å²) in [5, 5.41) is 5.30. The minimum atomic E-state index is -0.458. The second-order valence-electron chi connectivity index (χ2n) is 3.92. The number of alkyl carbamates (subject to hydrolysis) is 2. The molecule has 0 saturated carbocycles. The summed E-state index contributed by atoms with van der Waals surface area (Å²) in [5.74, 6) is 0. The maximum absolute atomic E-state index is 11.3. The zero-order valence-corrected chi connectivity index (χ0v) is 11.8. The predicted octanol–water partition coefficient (Wildman–Crippen LogP) is 2.18. The van der Waals surface area contributed by atoms with Crippen molar-refractivity contribution < 1.29 is 19.1 Å². The van der Waals surface area contributed by atoms with E-state index in [1.807, 2.05) is 24.3 Å². The molecule has 0 bridgehead atoms. The third kappa shape index (κ3) is 5.60. The molecule has 0 atom stereocenters. The maximum atomic E-state index is 11.3. The van der Waals surface area contributed by atoms with Crippen LogP contribution in [0.3, 0.4) is 0 Å². The van der Waals surface area contributed by atoms with Gasteiger partial charge in [-0.15, -0.1) is 0 Å². The van der Waals surface area contributed by atoms with Gasteiger partial charge in [-0.1, -0.05) is 24.3 Å². The molecular weight excluding hydrogens is 260 g/mol. The van der Waals surface area contributed by atoms with E-state index in [0.29, 0.717) is 26.3 Å². The Bertz CT molecular complexity index is 408. The Morgan fingerprint density at radius 2 is 1.30 bits per heavy atom. The zero-order valence-electron chi connectivity index (χ0n) is 11.8. The second-order valence-corrected chi connectivity index (χ2v) is 3.92. The van der Waals surface area contributed by atoms with E-state index >= 15 is 0 Å². The predicted molar refractivity (Wildman–Crippen MR) is 74.2 cm³/mol. The first-order valence-corrected chi connectivity index (χ1v) is 6.55. The lowest BCUT2D eigenvalue weighted by atomic mass is 10.1. The third-order valence-corrected chi connectivity index (χ3v) is 2.52. The van der Waals surface area contributed by atoms with Gasteiger partial charge in [0.15, 0.2) is 0 Å². The molecule has 0 aromatic heterocycles. The average molecular weight is 280 g/mol. The number of carbonyl (C=O) groups excluding carboxylic acids is 2. The van der Waals surface area contributed by atoms with Crippen molar-refractivity contribution in [3.63, 3.8) is 0 Å². The topological polar surface area (TPSA) is 76.7 Å². The number of rotatable bonds is 6. The molecule has 6 nitrogen and oxygen atoms in total. The molecule has 0 spiro atoms. The first kappa shape index (κ1) is 15.8. The van der Waals surface area contributed by atoms with Crippen LogP contribution in [0.15, 0.2) is 24.3 Å². The van der Waals surface area contributed by atoms with Gasteiger partial charge in [-0.05, 0) is 25.0 Å². The summed E-state index contributed by atoms with van der Waals surface area (Å²) < 4.78 is 9.59. The molecule has 0 aliphatic rings. The van der Waals surface area contributed by atoms with Crippen molar-refractivity contribution in [2.24, 2.45) is 0 Å². The van der Waals surface area contributed by atoms with E-state index < -0.39 is 12.2 Å². The van der Waals surface area contributed by atoms with Crippen molar-refractivity contribution in [3.05, 3.63) is 35.4 Å². The van der Waals surface area contributed by atoms with Gasteiger partial charge in [0.2, 0.25) is 0 Å². The summed E-state index contributed by atoms with van der Waals surface area (Å²) in [7, 11) is 0. The molecule has 2 amide bonds. The summed E-state index contributed by atoms with van der Waals surface area (Å²) in [6, 6.07) is 7.51. The fourth-order valence-corrected chi connectivity index (χ4v) is 1.60. The molecule has 0 aliphatic heterocycles. The Kier molecular flexibility index (Phi) is 6.95.